The molecule has 0 bridgehead atoms. The summed E-state index contributed by atoms with van der Waals surface area (Å²) in [6, 6.07) is 4.01. The molecule has 1 saturated carbocycles. The number of nitrogens with zero attached hydrogens (tertiary/aromatic N) is 2. The number of carboxylic acid groups (broad SMARTS) is 2. The van der Waals surface area contributed by atoms with Crippen LogP contribution in [0.25, 0.3) is 0 Å². The van der Waals surface area contributed by atoms with Crippen molar-refractivity contribution in [1.82, 2.24) is 15.2 Å². The number of carbonyl (C=O) groups excluding carboxylic acids is 1. The van der Waals surface area contributed by atoms with Crippen LogP contribution >= 0.6 is 0 Å². The van der Waals surface area contributed by atoms with E-state index in [9.17, 15) is 31.1 Å². The van der Waals surface area contributed by atoms with E-state index in [1.54, 1.807) is 13.3 Å². The third-order valence-corrected chi connectivity index (χ3v) is 6.01. The summed E-state index contributed by atoms with van der Waals surface area (Å²) in [4.78, 5) is 36.5. The molecule has 16 heteroatoms. The first-order valence-electron chi connectivity index (χ1n) is 11.8. The number of fused-ring (bicyclic) bond motifs is 1. The fourth-order valence-corrected chi connectivity index (χ4v) is 4.04. The van der Waals surface area contributed by atoms with Crippen LogP contribution in [0, 0.1) is 11.8 Å². The van der Waals surface area contributed by atoms with E-state index in [0.29, 0.717) is 18.2 Å². The van der Waals surface area contributed by atoms with E-state index in [0.717, 1.165) is 44.1 Å². The van der Waals surface area contributed by atoms with Crippen LogP contribution in [0.5, 0.6) is 5.88 Å². The fourth-order valence-electron chi connectivity index (χ4n) is 4.04. The maximum absolute atomic E-state index is 12.0. The number of alkyl halides is 6. The molecule has 0 radical (unpaired) electrons. The van der Waals surface area contributed by atoms with Gasteiger partial charge in [-0.15, -0.1) is 0 Å². The normalized spacial score (nSPS) is 22.5. The fraction of sp³-hybridized carbons (Fsp3) is 0.652. The summed E-state index contributed by atoms with van der Waals surface area (Å²) < 4.78 is 75.0. The Morgan fingerprint density at radius 2 is 1.69 bits per heavy atom. The Kier molecular flexibility index (Phi) is 11.3. The summed E-state index contributed by atoms with van der Waals surface area (Å²) >= 11 is 0. The highest BCUT2D eigenvalue weighted by atomic mass is 19.4. The average molecular weight is 573 g/mol. The molecule has 0 unspecified atom stereocenters. The zero-order chi connectivity index (χ0) is 29.4. The van der Waals surface area contributed by atoms with Crippen molar-refractivity contribution in [2.45, 2.75) is 56.8 Å². The number of rotatable bonds is 7. The van der Waals surface area contributed by atoms with Crippen molar-refractivity contribution in [3.63, 3.8) is 0 Å². The minimum Gasteiger partial charge on any atom is -0.481 e. The van der Waals surface area contributed by atoms with Gasteiger partial charge < -0.3 is 25.0 Å². The van der Waals surface area contributed by atoms with Gasteiger partial charge in [-0.25, -0.2) is 14.6 Å². The number of amides is 1. The summed E-state index contributed by atoms with van der Waals surface area (Å²) in [6.07, 6.45) is -4.04. The number of likely N-dealkylation sites (tertiary alicyclic amines) is 1. The third kappa shape index (κ3) is 11.2. The van der Waals surface area contributed by atoms with Gasteiger partial charge >= 0.3 is 24.3 Å². The molecule has 2 aliphatic heterocycles. The second-order valence-corrected chi connectivity index (χ2v) is 9.22. The van der Waals surface area contributed by atoms with Crippen molar-refractivity contribution >= 4 is 17.8 Å². The SMILES string of the molecule is COc1ncccc1CN1C[C@@H]2C[C@H](CC(=O)NCC3CC3)O[C@@H]2C1.O=C(O)C(F)(F)F.O=C(O)C(F)(F)F. The van der Waals surface area contributed by atoms with Gasteiger partial charge in [-0.2, -0.15) is 26.3 Å². The largest absolute Gasteiger partial charge is 0.490 e. The Morgan fingerprint density at radius 1 is 1.10 bits per heavy atom. The third-order valence-electron chi connectivity index (χ3n) is 6.01. The zero-order valence-electron chi connectivity index (χ0n) is 20.8. The smallest absolute Gasteiger partial charge is 0.481 e. The minimum absolute atomic E-state index is 0.0873. The highest BCUT2D eigenvalue weighted by molar-refractivity contribution is 5.76. The number of pyridine rings is 1. The molecule has 3 aliphatic rings. The lowest BCUT2D eigenvalue weighted by molar-refractivity contribution is -0.193. The lowest BCUT2D eigenvalue weighted by Crippen LogP contribution is -2.30. The molecule has 39 heavy (non-hydrogen) atoms. The van der Waals surface area contributed by atoms with Crippen molar-refractivity contribution in [3.8, 4) is 5.88 Å². The van der Waals surface area contributed by atoms with Crippen LogP contribution in [0.15, 0.2) is 18.3 Å². The summed E-state index contributed by atoms with van der Waals surface area (Å²) in [6.45, 7) is 3.62. The second kappa shape index (κ2) is 13.8. The highest BCUT2D eigenvalue weighted by Crippen LogP contribution is 2.35. The molecule has 4 rings (SSSR count). The van der Waals surface area contributed by atoms with Crippen LogP contribution in [0.2, 0.25) is 0 Å². The van der Waals surface area contributed by atoms with Crippen molar-refractivity contribution in [3.05, 3.63) is 23.9 Å². The van der Waals surface area contributed by atoms with E-state index in [2.05, 4.69) is 21.3 Å². The average Bonchev–Trinajstić information content (AvgIpc) is 3.49. The second-order valence-electron chi connectivity index (χ2n) is 9.22. The van der Waals surface area contributed by atoms with Gasteiger partial charge in [-0.3, -0.25) is 9.69 Å². The van der Waals surface area contributed by atoms with Crippen molar-refractivity contribution < 1.29 is 60.4 Å². The first kappa shape index (κ1) is 32.1. The Morgan fingerprint density at radius 3 is 2.18 bits per heavy atom. The molecule has 2 saturated heterocycles. The molecule has 3 fully saturated rings. The molecule has 3 N–H and O–H groups in total. The van der Waals surface area contributed by atoms with Gasteiger partial charge in [0.25, 0.3) is 0 Å². The van der Waals surface area contributed by atoms with Crippen LogP contribution in [0.4, 0.5) is 26.3 Å². The van der Waals surface area contributed by atoms with E-state index in [1.807, 2.05) is 6.07 Å². The molecule has 10 nitrogen and oxygen atoms in total. The number of halogens is 6. The number of methoxy groups -OCH3 is 1. The number of aromatic nitrogens is 1. The summed E-state index contributed by atoms with van der Waals surface area (Å²) in [5.74, 6) is -3.41. The van der Waals surface area contributed by atoms with Crippen LogP contribution in [-0.2, 0) is 25.7 Å². The molecule has 1 aliphatic carbocycles. The number of ether oxygens (including phenoxy) is 2. The quantitative estimate of drug-likeness (QED) is 0.421. The van der Waals surface area contributed by atoms with Gasteiger partial charge in [0, 0.05) is 43.9 Å². The van der Waals surface area contributed by atoms with E-state index in [1.165, 1.54) is 12.8 Å². The topological polar surface area (TPSA) is 138 Å². The standard InChI is InChI=1S/C19H27N3O3.2C2HF3O2/c1-24-19-14(3-2-6-20-19)10-22-11-15-7-16(25-17(15)12-22)8-18(23)21-9-13-4-5-13;2*3-2(4,5)1(6)7/h2-3,6,13,15-17H,4-5,7-12H2,1H3,(H,21,23);2*(H,6,7)/t15-,16+,17+;;/m0../s1. The molecular weight excluding hydrogens is 544 g/mol. The molecule has 0 spiro atoms. The van der Waals surface area contributed by atoms with E-state index >= 15 is 0 Å². The van der Waals surface area contributed by atoms with Gasteiger partial charge in [-0.1, -0.05) is 6.07 Å². The molecule has 1 amide bonds. The Balaban J connectivity index is 0.000000317. The summed E-state index contributed by atoms with van der Waals surface area (Å²) in [7, 11) is 1.66. The lowest BCUT2D eigenvalue weighted by Gasteiger charge is -2.19. The molecular formula is C23H29F6N3O7. The number of carbonyl (C=O) groups is 3. The van der Waals surface area contributed by atoms with Crippen molar-refractivity contribution in [1.29, 1.82) is 0 Å². The van der Waals surface area contributed by atoms with Gasteiger partial charge in [0.2, 0.25) is 11.8 Å². The van der Waals surface area contributed by atoms with Crippen LogP contribution in [0.3, 0.4) is 0 Å². The highest BCUT2D eigenvalue weighted by Gasteiger charge is 2.42. The molecule has 220 valence electrons. The Labute approximate surface area is 219 Å². The van der Waals surface area contributed by atoms with Crippen molar-refractivity contribution in [2.75, 3.05) is 26.7 Å². The Bertz CT molecular complexity index is 950. The zero-order valence-corrected chi connectivity index (χ0v) is 20.8. The van der Waals surface area contributed by atoms with E-state index in [-0.39, 0.29) is 18.1 Å². The van der Waals surface area contributed by atoms with Gasteiger partial charge in [0.1, 0.15) is 0 Å². The van der Waals surface area contributed by atoms with E-state index in [4.69, 9.17) is 29.3 Å². The predicted octanol–water partition coefficient (Wildman–Crippen LogP) is 2.86. The Hall–Kier alpha value is -3.14. The van der Waals surface area contributed by atoms with E-state index < -0.39 is 24.3 Å². The van der Waals surface area contributed by atoms with Crippen LogP contribution in [0.1, 0.15) is 31.2 Å². The molecule has 3 heterocycles. The summed E-state index contributed by atoms with van der Waals surface area (Å²) in [5, 5.41) is 17.3. The maximum Gasteiger partial charge on any atom is 0.490 e. The number of hydrogen-bond acceptors (Lipinski definition) is 7. The first-order valence-corrected chi connectivity index (χ1v) is 11.8. The monoisotopic (exact) mass is 573 g/mol. The molecule has 1 aromatic rings. The number of aliphatic carboxylic acids is 2. The number of hydrogen-bond donors (Lipinski definition) is 3. The first-order chi connectivity index (χ1) is 18.1. The molecule has 0 aromatic carbocycles. The van der Waals surface area contributed by atoms with Gasteiger partial charge in [0.05, 0.1) is 25.7 Å². The molecule has 1 aromatic heterocycles. The predicted molar refractivity (Wildman–Crippen MR) is 121 cm³/mol. The number of carboxylic acids is 2. The lowest BCUT2D eigenvalue weighted by atomic mass is 10.0. The minimum atomic E-state index is -5.08. The van der Waals surface area contributed by atoms with Gasteiger partial charge in [0.15, 0.2) is 0 Å². The van der Waals surface area contributed by atoms with Crippen molar-refractivity contribution in [2.24, 2.45) is 11.8 Å². The summed E-state index contributed by atoms with van der Waals surface area (Å²) in [5.41, 5.74) is 1.11. The molecule has 3 atom stereocenters. The van der Waals surface area contributed by atoms with Crippen LogP contribution < -0.4 is 10.1 Å². The number of nitrogens with one attached hydrogen (secondary N) is 1. The van der Waals surface area contributed by atoms with Crippen LogP contribution in [-0.4, -0.2) is 89.2 Å². The maximum atomic E-state index is 12.0. The van der Waals surface area contributed by atoms with Gasteiger partial charge in [-0.05, 0) is 31.2 Å².